The van der Waals surface area contributed by atoms with Gasteiger partial charge >= 0.3 is 0 Å². The molecule has 5 heteroatoms. The number of fused-ring (bicyclic) bond motifs is 5. The van der Waals surface area contributed by atoms with Crippen LogP contribution in [0.25, 0.3) is 45.2 Å². The summed E-state index contributed by atoms with van der Waals surface area (Å²) in [6.45, 7) is 6.51. The van der Waals surface area contributed by atoms with Crippen LogP contribution in [0.4, 0.5) is 5.69 Å². The molecule has 0 saturated heterocycles. The number of pyridine rings is 2. The third kappa shape index (κ3) is 4.30. The molecule has 0 fully saturated rings. The molecule has 0 radical (unpaired) electrons. The van der Waals surface area contributed by atoms with E-state index in [2.05, 4.69) is 68.1 Å². The summed E-state index contributed by atoms with van der Waals surface area (Å²) in [5.74, 6) is 0.240. The molecular formula is C36H29N3O2. The highest BCUT2D eigenvalue weighted by molar-refractivity contribution is 6.06. The highest BCUT2D eigenvalue weighted by Gasteiger charge is 2.24. The second kappa shape index (κ2) is 9.86. The molecule has 0 spiro atoms. The number of carbonyl (C=O) groups is 1. The number of hydrogen-bond donors (Lipinski definition) is 0. The molecule has 2 aliphatic rings. The van der Waals surface area contributed by atoms with E-state index in [-0.39, 0.29) is 11.5 Å². The van der Waals surface area contributed by atoms with Crippen molar-refractivity contribution in [2.45, 2.75) is 19.8 Å². The van der Waals surface area contributed by atoms with Crippen molar-refractivity contribution in [1.29, 1.82) is 0 Å². The van der Waals surface area contributed by atoms with Crippen molar-refractivity contribution in [1.82, 2.24) is 9.55 Å². The molecule has 1 amide bonds. The van der Waals surface area contributed by atoms with Gasteiger partial charge in [0.2, 0.25) is 5.91 Å². The van der Waals surface area contributed by atoms with E-state index in [4.69, 9.17) is 4.98 Å². The fourth-order valence-corrected chi connectivity index (χ4v) is 6.10. The minimum atomic E-state index is -0.136. The Bertz CT molecular complexity index is 2120. The van der Waals surface area contributed by atoms with Crippen molar-refractivity contribution >= 4 is 51.1 Å². The number of nitrogens with zero attached hydrogens (tertiary/aromatic N) is 3. The van der Waals surface area contributed by atoms with E-state index < -0.39 is 0 Å². The monoisotopic (exact) mass is 535 g/mol. The summed E-state index contributed by atoms with van der Waals surface area (Å²) in [6, 6.07) is 24.1. The Kier molecular flexibility index (Phi) is 6.01. The van der Waals surface area contributed by atoms with Gasteiger partial charge in [-0.2, -0.15) is 0 Å². The second-order valence-electron chi connectivity index (χ2n) is 10.9. The standard InChI is InChI=1S/C36H29N3O2/c1-3-34(40)38-17-16-25-10-13-30(21-33(25)38)39-35(41)15-12-28-22-37-32-14-11-27(20-31(32)36(28)39)29-18-23(2)8-9-24-6-4-5-7-26(24)19-29/h3-7,9-15,18-23H,1,8,16-17H2,2H3. The van der Waals surface area contributed by atoms with Crippen molar-refractivity contribution in [2.24, 2.45) is 5.92 Å². The molecule has 0 bridgehead atoms. The summed E-state index contributed by atoms with van der Waals surface area (Å²) in [7, 11) is 0. The van der Waals surface area contributed by atoms with Crippen molar-refractivity contribution in [3.05, 3.63) is 130 Å². The zero-order valence-corrected chi connectivity index (χ0v) is 22.9. The maximum Gasteiger partial charge on any atom is 0.255 e. The molecule has 3 aromatic carbocycles. The first-order valence-corrected chi connectivity index (χ1v) is 14.0. The first-order chi connectivity index (χ1) is 20.0. The highest BCUT2D eigenvalue weighted by atomic mass is 16.2. The molecule has 2 aromatic heterocycles. The Hall–Kier alpha value is -5.03. The van der Waals surface area contributed by atoms with E-state index in [0.29, 0.717) is 12.5 Å². The van der Waals surface area contributed by atoms with Crippen molar-refractivity contribution < 1.29 is 4.79 Å². The lowest BCUT2D eigenvalue weighted by atomic mass is 9.94. The van der Waals surface area contributed by atoms with Crippen LogP contribution in [0, 0.1) is 5.92 Å². The van der Waals surface area contributed by atoms with E-state index >= 15 is 0 Å². The summed E-state index contributed by atoms with van der Waals surface area (Å²) in [4.78, 5) is 32.5. The summed E-state index contributed by atoms with van der Waals surface area (Å²) in [6.07, 6.45) is 11.8. The fraction of sp³-hybridized carbons (Fsp3) is 0.139. The molecule has 5 nitrogen and oxygen atoms in total. The number of rotatable bonds is 3. The van der Waals surface area contributed by atoms with Gasteiger partial charge in [0.05, 0.1) is 16.7 Å². The lowest BCUT2D eigenvalue weighted by Crippen LogP contribution is -2.27. The molecule has 1 aliphatic heterocycles. The topological polar surface area (TPSA) is 55.2 Å². The molecule has 1 atom stereocenters. The second-order valence-corrected chi connectivity index (χ2v) is 10.9. The van der Waals surface area contributed by atoms with E-state index in [1.165, 1.54) is 16.5 Å². The molecule has 0 N–H and O–H groups in total. The Labute approximate surface area is 237 Å². The van der Waals surface area contributed by atoms with Gasteiger partial charge in [-0.15, -0.1) is 0 Å². The number of aromatic nitrogens is 2. The summed E-state index contributed by atoms with van der Waals surface area (Å²) < 4.78 is 1.75. The van der Waals surface area contributed by atoms with E-state index in [9.17, 15) is 9.59 Å². The molecule has 200 valence electrons. The molecule has 41 heavy (non-hydrogen) atoms. The zero-order valence-electron chi connectivity index (χ0n) is 22.9. The van der Waals surface area contributed by atoms with Crippen molar-refractivity contribution in [2.75, 3.05) is 11.4 Å². The first kappa shape index (κ1) is 25.0. The summed E-state index contributed by atoms with van der Waals surface area (Å²) >= 11 is 0. The third-order valence-corrected chi connectivity index (χ3v) is 8.19. The number of carbonyl (C=O) groups excluding carboxylic acids is 1. The van der Waals surface area contributed by atoms with Gasteiger partial charge in [0, 0.05) is 35.3 Å². The van der Waals surface area contributed by atoms with Crippen LogP contribution >= 0.6 is 0 Å². The molecule has 7 rings (SSSR count). The Balaban J connectivity index is 1.47. The summed E-state index contributed by atoms with van der Waals surface area (Å²) in [5.41, 5.74) is 6.35. The number of benzene rings is 3. The van der Waals surface area contributed by atoms with Gasteiger partial charge in [-0.1, -0.05) is 62.1 Å². The molecule has 0 saturated carbocycles. The molecule has 3 heterocycles. The van der Waals surface area contributed by atoms with Crippen LogP contribution in [-0.4, -0.2) is 22.0 Å². The third-order valence-electron chi connectivity index (χ3n) is 8.19. The maximum absolute atomic E-state index is 13.5. The average Bonchev–Trinajstić information content (AvgIpc) is 3.42. The zero-order chi connectivity index (χ0) is 28.1. The van der Waals surface area contributed by atoms with Gasteiger partial charge in [0.1, 0.15) is 0 Å². The van der Waals surface area contributed by atoms with Gasteiger partial charge in [0.15, 0.2) is 0 Å². The van der Waals surface area contributed by atoms with Crippen LogP contribution in [-0.2, 0) is 11.2 Å². The van der Waals surface area contributed by atoms with Gasteiger partial charge in [-0.05, 0) is 88.4 Å². The smallest absolute Gasteiger partial charge is 0.255 e. The van der Waals surface area contributed by atoms with Crippen LogP contribution in [0.1, 0.15) is 24.5 Å². The minimum absolute atomic E-state index is 0.134. The van der Waals surface area contributed by atoms with Gasteiger partial charge in [0.25, 0.3) is 5.56 Å². The Morgan fingerprint density at radius 3 is 2.73 bits per heavy atom. The fourth-order valence-electron chi connectivity index (χ4n) is 6.10. The normalized spacial score (nSPS) is 16.2. The predicted octanol–water partition coefficient (Wildman–Crippen LogP) is 5.30. The van der Waals surface area contributed by atoms with Gasteiger partial charge < -0.3 is 4.90 Å². The molecule has 5 aromatic rings. The van der Waals surface area contributed by atoms with Crippen LogP contribution < -0.4 is 20.9 Å². The van der Waals surface area contributed by atoms with Crippen LogP contribution in [0.3, 0.4) is 0 Å². The molecule has 1 aliphatic carbocycles. The first-order valence-electron chi connectivity index (χ1n) is 14.0. The minimum Gasteiger partial charge on any atom is -0.308 e. The van der Waals surface area contributed by atoms with Gasteiger partial charge in [-0.25, -0.2) is 0 Å². The van der Waals surface area contributed by atoms with Crippen LogP contribution in [0.15, 0.2) is 103 Å². The van der Waals surface area contributed by atoms with E-state index in [0.717, 1.165) is 62.7 Å². The van der Waals surface area contributed by atoms with Crippen LogP contribution in [0.2, 0.25) is 0 Å². The van der Waals surface area contributed by atoms with Crippen molar-refractivity contribution in [3.8, 4) is 5.69 Å². The summed E-state index contributed by atoms with van der Waals surface area (Å²) in [5, 5.41) is 4.21. The lowest BCUT2D eigenvalue weighted by Gasteiger charge is -2.18. The van der Waals surface area contributed by atoms with Crippen molar-refractivity contribution in [3.63, 3.8) is 0 Å². The predicted molar refractivity (Wildman–Crippen MR) is 167 cm³/mol. The maximum atomic E-state index is 13.5. The quantitative estimate of drug-likeness (QED) is 0.233. The SMILES string of the molecule is C=CC(=O)N1CCc2ccc(-n3c(=O)ccc4cnc5ccc(C6=CC(C)CC=c7ccccc7=C6)cc5c43)cc21. The highest BCUT2D eigenvalue weighted by Crippen LogP contribution is 2.33. The number of hydrogen-bond acceptors (Lipinski definition) is 3. The lowest BCUT2D eigenvalue weighted by molar-refractivity contribution is -0.114. The average molecular weight is 536 g/mol. The largest absolute Gasteiger partial charge is 0.308 e. The molecular weight excluding hydrogens is 506 g/mol. The van der Waals surface area contributed by atoms with E-state index in [1.807, 2.05) is 36.5 Å². The van der Waals surface area contributed by atoms with Crippen LogP contribution in [0.5, 0.6) is 0 Å². The Morgan fingerprint density at radius 2 is 1.88 bits per heavy atom. The van der Waals surface area contributed by atoms with E-state index in [1.54, 1.807) is 15.5 Å². The molecule has 1 unspecified atom stereocenters. The number of amides is 1. The Morgan fingerprint density at radius 1 is 1.02 bits per heavy atom. The number of allylic oxidation sites excluding steroid dienone is 2. The van der Waals surface area contributed by atoms with Gasteiger partial charge in [-0.3, -0.25) is 19.1 Å². The number of anilines is 1.